The van der Waals surface area contributed by atoms with Gasteiger partial charge in [0.2, 0.25) is 5.91 Å². The highest BCUT2D eigenvalue weighted by atomic mass is 35.5. The summed E-state index contributed by atoms with van der Waals surface area (Å²) in [7, 11) is 3.91. The molecule has 21 heavy (non-hydrogen) atoms. The molecule has 1 aromatic rings. The summed E-state index contributed by atoms with van der Waals surface area (Å²) < 4.78 is 0. The van der Waals surface area contributed by atoms with Gasteiger partial charge in [-0.25, -0.2) is 0 Å². The first kappa shape index (κ1) is 16.1. The van der Waals surface area contributed by atoms with Crippen molar-refractivity contribution in [2.45, 2.75) is 26.2 Å². The van der Waals surface area contributed by atoms with Crippen LogP contribution in [0.3, 0.4) is 0 Å². The number of hydrogen-bond acceptors (Lipinski definition) is 3. The van der Waals surface area contributed by atoms with Crippen molar-refractivity contribution in [3.05, 3.63) is 23.2 Å². The van der Waals surface area contributed by atoms with Crippen LogP contribution in [0.1, 0.15) is 26.2 Å². The van der Waals surface area contributed by atoms with Crippen molar-refractivity contribution < 1.29 is 4.79 Å². The van der Waals surface area contributed by atoms with Crippen molar-refractivity contribution in [3.63, 3.8) is 0 Å². The maximum Gasteiger partial charge on any atom is 0.231 e. The van der Waals surface area contributed by atoms with Crippen molar-refractivity contribution in [3.8, 4) is 0 Å². The van der Waals surface area contributed by atoms with Gasteiger partial charge < -0.3 is 15.5 Å². The van der Waals surface area contributed by atoms with Crippen molar-refractivity contribution in [2.75, 3.05) is 37.4 Å². The summed E-state index contributed by atoms with van der Waals surface area (Å²) in [5.41, 5.74) is 1.45. The van der Waals surface area contributed by atoms with Crippen LogP contribution in [0.5, 0.6) is 0 Å². The van der Waals surface area contributed by atoms with Crippen LogP contribution < -0.4 is 15.5 Å². The first-order valence-electron chi connectivity index (χ1n) is 7.47. The van der Waals surface area contributed by atoms with Gasteiger partial charge in [-0.05, 0) is 37.6 Å². The molecular formula is C16H24ClN3O. The predicted octanol–water partition coefficient (Wildman–Crippen LogP) is 3.12. The van der Waals surface area contributed by atoms with Gasteiger partial charge in [-0.3, -0.25) is 4.79 Å². The Labute approximate surface area is 131 Å². The van der Waals surface area contributed by atoms with E-state index in [1.807, 2.05) is 37.2 Å². The average Bonchev–Trinajstić information content (AvgIpc) is 2.88. The van der Waals surface area contributed by atoms with Gasteiger partial charge in [0.05, 0.1) is 16.8 Å². The number of carbonyl (C=O) groups is 1. The van der Waals surface area contributed by atoms with E-state index < -0.39 is 0 Å². The summed E-state index contributed by atoms with van der Waals surface area (Å²) in [5.74, 6) is 0.0970. The molecule has 2 N–H and O–H groups in total. The molecular weight excluding hydrogens is 286 g/mol. The van der Waals surface area contributed by atoms with E-state index in [1.165, 1.54) is 0 Å². The molecule has 1 fully saturated rings. The lowest BCUT2D eigenvalue weighted by Crippen LogP contribution is -2.38. The third-order valence-electron chi connectivity index (χ3n) is 4.14. The molecule has 5 heteroatoms. The molecule has 1 unspecified atom stereocenters. The van der Waals surface area contributed by atoms with Gasteiger partial charge in [0.1, 0.15) is 0 Å². The van der Waals surface area contributed by atoms with Crippen molar-refractivity contribution in [2.24, 2.45) is 5.41 Å². The average molecular weight is 310 g/mol. The number of benzene rings is 1. The SMILES string of the molecule is CCCC1(C(=O)Nc2cc(Cl)ccc2N(C)C)CCNC1. The van der Waals surface area contributed by atoms with E-state index >= 15 is 0 Å². The van der Waals surface area contributed by atoms with Crippen molar-refractivity contribution in [1.29, 1.82) is 0 Å². The summed E-state index contributed by atoms with van der Waals surface area (Å²) in [4.78, 5) is 14.8. The molecule has 0 saturated carbocycles. The number of amides is 1. The number of nitrogens with one attached hydrogen (secondary N) is 2. The largest absolute Gasteiger partial charge is 0.376 e. The Hall–Kier alpha value is -1.26. The summed E-state index contributed by atoms with van der Waals surface area (Å²) in [6.45, 7) is 3.78. The summed E-state index contributed by atoms with van der Waals surface area (Å²) in [6, 6.07) is 5.58. The van der Waals surface area contributed by atoms with E-state index in [1.54, 1.807) is 0 Å². The van der Waals surface area contributed by atoms with Crippen LogP contribution in [0.2, 0.25) is 5.02 Å². The number of nitrogens with zero attached hydrogens (tertiary/aromatic N) is 1. The van der Waals surface area contributed by atoms with E-state index in [4.69, 9.17) is 11.6 Å². The first-order valence-corrected chi connectivity index (χ1v) is 7.85. The van der Waals surface area contributed by atoms with E-state index in [-0.39, 0.29) is 11.3 Å². The fraction of sp³-hybridized carbons (Fsp3) is 0.562. The molecule has 2 rings (SSSR count). The van der Waals surface area contributed by atoms with Gasteiger partial charge in [0, 0.05) is 25.7 Å². The number of hydrogen-bond donors (Lipinski definition) is 2. The third kappa shape index (κ3) is 3.50. The van der Waals surface area contributed by atoms with Crippen LogP contribution in [0.4, 0.5) is 11.4 Å². The second kappa shape index (κ2) is 6.67. The lowest BCUT2D eigenvalue weighted by molar-refractivity contribution is -0.125. The van der Waals surface area contributed by atoms with Crippen LogP contribution in [0, 0.1) is 5.41 Å². The quantitative estimate of drug-likeness (QED) is 0.878. The standard InChI is InChI=1S/C16H24ClN3O/c1-4-7-16(8-9-18-11-16)15(21)19-13-10-12(17)5-6-14(13)20(2)3/h5-6,10,18H,4,7-9,11H2,1-3H3,(H,19,21). The summed E-state index contributed by atoms with van der Waals surface area (Å²) in [5, 5.41) is 7.04. The predicted molar refractivity (Wildman–Crippen MR) is 89.2 cm³/mol. The van der Waals surface area contributed by atoms with Gasteiger partial charge >= 0.3 is 0 Å². The lowest BCUT2D eigenvalue weighted by atomic mass is 9.81. The highest BCUT2D eigenvalue weighted by molar-refractivity contribution is 6.31. The number of carbonyl (C=O) groups excluding carboxylic acids is 1. The lowest BCUT2D eigenvalue weighted by Gasteiger charge is -2.28. The second-order valence-corrected chi connectivity index (χ2v) is 6.40. The van der Waals surface area contributed by atoms with Gasteiger partial charge in [0.15, 0.2) is 0 Å². The molecule has 1 aliphatic heterocycles. The molecule has 0 bridgehead atoms. The number of halogens is 1. The zero-order chi connectivity index (χ0) is 15.5. The minimum atomic E-state index is -0.291. The van der Waals surface area contributed by atoms with E-state index in [2.05, 4.69) is 17.6 Å². The monoisotopic (exact) mass is 309 g/mol. The molecule has 4 nitrogen and oxygen atoms in total. The molecule has 116 valence electrons. The number of anilines is 2. The second-order valence-electron chi connectivity index (χ2n) is 5.97. The van der Waals surface area contributed by atoms with Gasteiger partial charge in [-0.15, -0.1) is 0 Å². The molecule has 0 aromatic heterocycles. The zero-order valence-corrected chi connectivity index (χ0v) is 13.8. The Balaban J connectivity index is 2.24. The molecule has 0 radical (unpaired) electrons. The third-order valence-corrected chi connectivity index (χ3v) is 4.38. The molecule has 1 aliphatic rings. The Morgan fingerprint density at radius 2 is 2.24 bits per heavy atom. The fourth-order valence-corrected chi connectivity index (χ4v) is 3.17. The van der Waals surface area contributed by atoms with E-state index in [9.17, 15) is 4.79 Å². The fourth-order valence-electron chi connectivity index (χ4n) is 3.00. The highest BCUT2D eigenvalue weighted by Gasteiger charge is 2.40. The molecule has 1 heterocycles. The Morgan fingerprint density at radius 1 is 1.48 bits per heavy atom. The maximum absolute atomic E-state index is 12.8. The van der Waals surface area contributed by atoms with Crippen LogP contribution in [-0.4, -0.2) is 33.1 Å². The molecule has 1 aromatic carbocycles. The van der Waals surface area contributed by atoms with Crippen LogP contribution in [-0.2, 0) is 4.79 Å². The first-order chi connectivity index (χ1) is 9.98. The molecule has 0 aliphatic carbocycles. The van der Waals surface area contributed by atoms with E-state index in [0.717, 1.165) is 43.7 Å². The van der Waals surface area contributed by atoms with Gasteiger partial charge in [0.25, 0.3) is 0 Å². The number of rotatable bonds is 5. The Kier molecular flexibility index (Phi) is 5.12. The Bertz CT molecular complexity index is 510. The minimum absolute atomic E-state index is 0.0970. The minimum Gasteiger partial charge on any atom is -0.376 e. The highest BCUT2D eigenvalue weighted by Crippen LogP contribution is 2.35. The topological polar surface area (TPSA) is 44.4 Å². The molecule has 1 atom stereocenters. The molecule has 1 amide bonds. The summed E-state index contributed by atoms with van der Waals surface area (Å²) in [6.07, 6.45) is 2.80. The molecule has 0 spiro atoms. The van der Waals surface area contributed by atoms with Crippen LogP contribution in [0.25, 0.3) is 0 Å². The Morgan fingerprint density at radius 3 is 2.81 bits per heavy atom. The van der Waals surface area contributed by atoms with Gasteiger partial charge in [-0.2, -0.15) is 0 Å². The van der Waals surface area contributed by atoms with Crippen LogP contribution in [0.15, 0.2) is 18.2 Å². The van der Waals surface area contributed by atoms with Crippen molar-refractivity contribution in [1.82, 2.24) is 5.32 Å². The maximum atomic E-state index is 12.8. The van der Waals surface area contributed by atoms with E-state index in [0.29, 0.717) is 5.02 Å². The zero-order valence-electron chi connectivity index (χ0n) is 13.0. The molecule has 1 saturated heterocycles. The smallest absolute Gasteiger partial charge is 0.231 e. The van der Waals surface area contributed by atoms with Gasteiger partial charge in [-0.1, -0.05) is 24.9 Å². The normalized spacial score (nSPS) is 21.3. The van der Waals surface area contributed by atoms with Crippen LogP contribution >= 0.6 is 11.6 Å². The summed E-state index contributed by atoms with van der Waals surface area (Å²) >= 11 is 6.08. The van der Waals surface area contributed by atoms with Crippen molar-refractivity contribution >= 4 is 28.9 Å².